The van der Waals surface area contributed by atoms with Gasteiger partial charge in [0.2, 0.25) is 0 Å². The summed E-state index contributed by atoms with van der Waals surface area (Å²) in [6.45, 7) is 5.03. The van der Waals surface area contributed by atoms with Crippen LogP contribution in [0.1, 0.15) is 38.4 Å². The van der Waals surface area contributed by atoms with Gasteiger partial charge in [-0.2, -0.15) is 5.10 Å². The molecule has 2 unspecified atom stereocenters. The molecule has 3 N–H and O–H groups in total. The SMILES string of the molecule is CCCC(OC)C(NN)c1ccnn1CC. The van der Waals surface area contributed by atoms with Gasteiger partial charge in [-0.25, -0.2) is 5.43 Å². The van der Waals surface area contributed by atoms with E-state index in [4.69, 9.17) is 10.6 Å². The van der Waals surface area contributed by atoms with Gasteiger partial charge in [0.15, 0.2) is 0 Å². The Morgan fingerprint density at radius 1 is 1.56 bits per heavy atom. The molecule has 92 valence electrons. The maximum Gasteiger partial charge on any atom is 0.0890 e. The predicted molar refractivity (Wildman–Crippen MR) is 63.7 cm³/mol. The van der Waals surface area contributed by atoms with E-state index in [1.807, 2.05) is 10.7 Å². The van der Waals surface area contributed by atoms with E-state index in [1.54, 1.807) is 13.3 Å². The van der Waals surface area contributed by atoms with E-state index in [-0.39, 0.29) is 12.1 Å². The lowest BCUT2D eigenvalue weighted by atomic mass is 10.0. The van der Waals surface area contributed by atoms with Crippen LogP contribution in [0.4, 0.5) is 0 Å². The number of ether oxygens (including phenoxy) is 1. The number of aromatic nitrogens is 2. The topological polar surface area (TPSA) is 65.1 Å². The average molecular weight is 226 g/mol. The molecule has 0 bridgehead atoms. The molecule has 0 aliphatic heterocycles. The summed E-state index contributed by atoms with van der Waals surface area (Å²) in [6, 6.07) is 1.97. The van der Waals surface area contributed by atoms with Crippen molar-refractivity contribution in [2.75, 3.05) is 7.11 Å². The number of nitrogens with two attached hydrogens (primary N) is 1. The Morgan fingerprint density at radius 2 is 2.31 bits per heavy atom. The van der Waals surface area contributed by atoms with E-state index >= 15 is 0 Å². The van der Waals surface area contributed by atoms with Crippen LogP contribution in [-0.2, 0) is 11.3 Å². The largest absolute Gasteiger partial charge is 0.379 e. The van der Waals surface area contributed by atoms with E-state index in [1.165, 1.54) is 0 Å². The van der Waals surface area contributed by atoms with Crippen molar-refractivity contribution in [3.8, 4) is 0 Å². The highest BCUT2D eigenvalue weighted by Crippen LogP contribution is 2.21. The van der Waals surface area contributed by atoms with Crippen LogP contribution in [0, 0.1) is 0 Å². The molecule has 0 aliphatic carbocycles. The Bertz CT molecular complexity index is 300. The lowest BCUT2D eigenvalue weighted by Gasteiger charge is -2.25. The van der Waals surface area contributed by atoms with Gasteiger partial charge in [0.25, 0.3) is 0 Å². The summed E-state index contributed by atoms with van der Waals surface area (Å²) in [6.07, 6.45) is 3.91. The Labute approximate surface area is 96.9 Å². The van der Waals surface area contributed by atoms with Crippen molar-refractivity contribution in [3.63, 3.8) is 0 Å². The van der Waals surface area contributed by atoms with Crippen molar-refractivity contribution in [1.82, 2.24) is 15.2 Å². The molecular formula is C11H22N4O. The van der Waals surface area contributed by atoms with Gasteiger partial charge in [0.05, 0.1) is 17.8 Å². The van der Waals surface area contributed by atoms with Gasteiger partial charge in [-0.3, -0.25) is 10.5 Å². The van der Waals surface area contributed by atoms with E-state index in [2.05, 4.69) is 24.4 Å². The zero-order valence-electron chi connectivity index (χ0n) is 10.3. The molecule has 1 aromatic rings. The molecule has 0 aromatic carbocycles. The highest BCUT2D eigenvalue weighted by atomic mass is 16.5. The second kappa shape index (κ2) is 6.62. The first-order chi connectivity index (χ1) is 7.78. The van der Waals surface area contributed by atoms with Gasteiger partial charge in [0.1, 0.15) is 0 Å². The van der Waals surface area contributed by atoms with E-state index in [0.29, 0.717) is 0 Å². The van der Waals surface area contributed by atoms with Crippen molar-refractivity contribution in [2.24, 2.45) is 5.84 Å². The van der Waals surface area contributed by atoms with Crippen LogP contribution in [0.5, 0.6) is 0 Å². The summed E-state index contributed by atoms with van der Waals surface area (Å²) >= 11 is 0. The first-order valence-corrected chi connectivity index (χ1v) is 5.79. The Kier molecular flexibility index (Phi) is 5.45. The van der Waals surface area contributed by atoms with Gasteiger partial charge >= 0.3 is 0 Å². The average Bonchev–Trinajstić information content (AvgIpc) is 2.77. The zero-order valence-corrected chi connectivity index (χ0v) is 10.3. The van der Waals surface area contributed by atoms with Crippen LogP contribution in [0.15, 0.2) is 12.3 Å². The molecule has 1 rings (SSSR count). The molecule has 0 saturated heterocycles. The quantitative estimate of drug-likeness (QED) is 0.542. The second-order valence-corrected chi connectivity index (χ2v) is 3.78. The van der Waals surface area contributed by atoms with Crippen molar-refractivity contribution >= 4 is 0 Å². The fourth-order valence-electron chi connectivity index (χ4n) is 1.96. The maximum absolute atomic E-state index is 5.62. The molecule has 0 spiro atoms. The number of aryl methyl sites for hydroxylation is 1. The Balaban J connectivity index is 2.87. The number of hydrogen-bond donors (Lipinski definition) is 2. The molecule has 16 heavy (non-hydrogen) atoms. The summed E-state index contributed by atoms with van der Waals surface area (Å²) in [5.74, 6) is 5.62. The van der Waals surface area contributed by atoms with Gasteiger partial charge in [0, 0.05) is 19.9 Å². The normalized spacial score (nSPS) is 15.0. The highest BCUT2D eigenvalue weighted by molar-refractivity contribution is 5.09. The summed E-state index contributed by atoms with van der Waals surface area (Å²) in [5.41, 5.74) is 3.90. The molecule has 1 aromatic heterocycles. The Hall–Kier alpha value is -0.910. The molecule has 0 saturated carbocycles. The second-order valence-electron chi connectivity index (χ2n) is 3.78. The monoisotopic (exact) mass is 226 g/mol. The van der Waals surface area contributed by atoms with Crippen LogP contribution in [0.2, 0.25) is 0 Å². The van der Waals surface area contributed by atoms with Crippen molar-refractivity contribution in [1.29, 1.82) is 0 Å². The van der Waals surface area contributed by atoms with Crippen LogP contribution in [0.25, 0.3) is 0 Å². The molecule has 5 heteroatoms. The van der Waals surface area contributed by atoms with Crippen molar-refractivity contribution < 1.29 is 4.74 Å². The fraction of sp³-hybridized carbons (Fsp3) is 0.727. The summed E-state index contributed by atoms with van der Waals surface area (Å²) in [7, 11) is 1.72. The fourth-order valence-corrected chi connectivity index (χ4v) is 1.96. The third-order valence-corrected chi connectivity index (χ3v) is 2.79. The summed E-state index contributed by atoms with van der Waals surface area (Å²) in [5, 5.41) is 4.25. The number of rotatable bonds is 7. The first-order valence-electron chi connectivity index (χ1n) is 5.79. The van der Waals surface area contributed by atoms with Gasteiger partial charge in [-0.15, -0.1) is 0 Å². The molecule has 5 nitrogen and oxygen atoms in total. The maximum atomic E-state index is 5.62. The van der Waals surface area contributed by atoms with Gasteiger partial charge in [-0.1, -0.05) is 13.3 Å². The third kappa shape index (κ3) is 2.81. The van der Waals surface area contributed by atoms with Crippen molar-refractivity contribution in [2.45, 2.75) is 45.4 Å². The van der Waals surface area contributed by atoms with Gasteiger partial charge < -0.3 is 4.74 Å². The standard InChI is InChI=1S/C11H22N4O/c1-4-6-10(16-3)11(14-12)9-7-8-13-15(9)5-2/h7-8,10-11,14H,4-6,12H2,1-3H3. The molecule has 1 heterocycles. The highest BCUT2D eigenvalue weighted by Gasteiger charge is 2.23. The molecule has 0 aliphatic rings. The number of nitrogens with one attached hydrogen (secondary N) is 1. The van der Waals surface area contributed by atoms with Crippen LogP contribution < -0.4 is 11.3 Å². The molecule has 0 amide bonds. The minimum atomic E-state index is -0.00704. The molecule has 0 radical (unpaired) electrons. The minimum Gasteiger partial charge on any atom is -0.379 e. The minimum absolute atomic E-state index is 0.00704. The third-order valence-electron chi connectivity index (χ3n) is 2.79. The lowest BCUT2D eigenvalue weighted by molar-refractivity contribution is 0.0578. The summed E-state index contributed by atoms with van der Waals surface area (Å²) < 4.78 is 7.42. The number of hydrogen-bond acceptors (Lipinski definition) is 4. The van der Waals surface area contributed by atoms with Crippen LogP contribution in [-0.4, -0.2) is 23.0 Å². The first kappa shape index (κ1) is 13.2. The smallest absolute Gasteiger partial charge is 0.0890 e. The van der Waals surface area contributed by atoms with E-state index < -0.39 is 0 Å². The molecule has 2 atom stereocenters. The van der Waals surface area contributed by atoms with E-state index in [9.17, 15) is 0 Å². The van der Waals surface area contributed by atoms with Crippen LogP contribution in [0.3, 0.4) is 0 Å². The molecular weight excluding hydrogens is 204 g/mol. The number of methoxy groups -OCH3 is 1. The van der Waals surface area contributed by atoms with Crippen molar-refractivity contribution in [3.05, 3.63) is 18.0 Å². The number of hydrazine groups is 1. The predicted octanol–water partition coefficient (Wildman–Crippen LogP) is 1.22. The summed E-state index contributed by atoms with van der Waals surface area (Å²) in [4.78, 5) is 0. The lowest BCUT2D eigenvalue weighted by Crippen LogP contribution is -2.38. The molecule has 0 fully saturated rings. The van der Waals surface area contributed by atoms with Crippen LogP contribution >= 0.6 is 0 Å². The van der Waals surface area contributed by atoms with E-state index in [0.717, 1.165) is 25.1 Å². The van der Waals surface area contributed by atoms with Gasteiger partial charge in [-0.05, 0) is 19.4 Å². The Morgan fingerprint density at radius 3 is 2.81 bits per heavy atom. The number of nitrogens with zero attached hydrogens (tertiary/aromatic N) is 2. The zero-order chi connectivity index (χ0) is 12.0.